The molecule has 3 nitrogen and oxygen atoms in total. The minimum Gasteiger partial charge on any atom is -0.315 e. The summed E-state index contributed by atoms with van der Waals surface area (Å²) in [7, 11) is -3.25. The van der Waals surface area contributed by atoms with Crippen molar-refractivity contribution in [2.24, 2.45) is 0 Å². The average molecular weight is 195 g/mol. The summed E-state index contributed by atoms with van der Waals surface area (Å²) >= 11 is 0. The molecule has 1 aromatic carbocycles. The Morgan fingerprint density at radius 3 is 2.54 bits per heavy atom. The maximum atomic E-state index is 11.8. The summed E-state index contributed by atoms with van der Waals surface area (Å²) in [6.45, 7) is 1.99. The smallest absolute Gasteiger partial charge is 0.315 e. The molecule has 0 aromatic heterocycles. The molecule has 1 rings (SSSR count). The van der Waals surface area contributed by atoms with Crippen molar-refractivity contribution in [2.75, 3.05) is 6.61 Å². The summed E-state index contributed by atoms with van der Waals surface area (Å²) in [6.07, 6.45) is 0. The monoisotopic (exact) mass is 195 g/mol. The topological polar surface area (TPSA) is 50.1 Å². The van der Waals surface area contributed by atoms with Gasteiger partial charge in [0.1, 0.15) is 0 Å². The number of nitrogens with zero attached hydrogens (tertiary/aromatic N) is 1. The van der Waals surface area contributed by atoms with Crippen LogP contribution < -0.4 is 5.30 Å². The van der Waals surface area contributed by atoms with E-state index in [0.717, 1.165) is 0 Å². The first-order chi connectivity index (χ1) is 6.23. The Hall–Kier alpha value is -1.10. The van der Waals surface area contributed by atoms with Crippen LogP contribution in [0.5, 0.6) is 0 Å². The molecule has 0 N–H and O–H groups in total. The molecule has 0 bridgehead atoms. The molecular weight excluding hydrogens is 185 g/mol. The van der Waals surface area contributed by atoms with Gasteiger partial charge in [0.2, 0.25) is 0 Å². The van der Waals surface area contributed by atoms with Crippen molar-refractivity contribution < 1.29 is 9.09 Å². The molecule has 4 heteroatoms. The van der Waals surface area contributed by atoms with Crippen LogP contribution in [-0.4, -0.2) is 6.61 Å². The van der Waals surface area contributed by atoms with E-state index in [1.54, 1.807) is 43.1 Å². The number of benzene rings is 1. The zero-order valence-corrected chi connectivity index (χ0v) is 8.20. The van der Waals surface area contributed by atoms with Gasteiger partial charge in [0.05, 0.1) is 11.9 Å². The molecule has 1 atom stereocenters. The van der Waals surface area contributed by atoms with Crippen molar-refractivity contribution >= 4 is 12.7 Å². The van der Waals surface area contributed by atoms with Gasteiger partial charge < -0.3 is 4.52 Å². The second-order valence-corrected chi connectivity index (χ2v) is 4.48. The lowest BCUT2D eigenvalue weighted by Crippen LogP contribution is -2.05. The standard InChI is InChI=1S/C9H10NO2P/c1-2-12-13(11,8-10)9-6-4-3-5-7-9/h3-7H,2H2,1H3/t13-/m1/s1. The molecule has 0 aliphatic rings. The van der Waals surface area contributed by atoms with Gasteiger partial charge in [-0.1, -0.05) is 18.2 Å². The van der Waals surface area contributed by atoms with Crippen molar-refractivity contribution in [3.05, 3.63) is 30.3 Å². The summed E-state index contributed by atoms with van der Waals surface area (Å²) in [4.78, 5) is 0. The second kappa shape index (κ2) is 4.23. The van der Waals surface area contributed by atoms with E-state index in [1.165, 1.54) is 0 Å². The highest BCUT2D eigenvalue weighted by atomic mass is 31.2. The number of nitriles is 1. The molecule has 0 heterocycles. The van der Waals surface area contributed by atoms with Crippen molar-refractivity contribution in [1.82, 2.24) is 0 Å². The summed E-state index contributed by atoms with van der Waals surface area (Å²) in [6, 6.07) is 8.55. The van der Waals surface area contributed by atoms with Gasteiger partial charge in [0, 0.05) is 0 Å². The largest absolute Gasteiger partial charge is 0.328 e. The Bertz CT molecular complexity index is 356. The van der Waals surface area contributed by atoms with E-state index < -0.39 is 7.37 Å². The zero-order chi connectivity index (χ0) is 9.73. The van der Waals surface area contributed by atoms with E-state index in [4.69, 9.17) is 9.79 Å². The summed E-state index contributed by atoms with van der Waals surface area (Å²) in [5, 5.41) is 9.19. The zero-order valence-electron chi connectivity index (χ0n) is 7.30. The Labute approximate surface area is 77.4 Å². The fraction of sp³-hybridized carbons (Fsp3) is 0.222. The van der Waals surface area contributed by atoms with Crippen LogP contribution in [-0.2, 0) is 9.09 Å². The van der Waals surface area contributed by atoms with Crippen molar-refractivity contribution in [3.63, 3.8) is 0 Å². The fourth-order valence-electron chi connectivity index (χ4n) is 0.967. The maximum absolute atomic E-state index is 11.8. The minimum absolute atomic E-state index is 0.278. The SMILES string of the molecule is CCO[P@](=O)(C#N)c1ccccc1. The van der Waals surface area contributed by atoms with Crippen LogP contribution in [0.3, 0.4) is 0 Å². The van der Waals surface area contributed by atoms with E-state index in [0.29, 0.717) is 5.30 Å². The first-order valence-corrected chi connectivity index (χ1v) is 5.57. The van der Waals surface area contributed by atoms with Gasteiger partial charge in [-0.3, -0.25) is 4.57 Å². The Morgan fingerprint density at radius 1 is 1.46 bits per heavy atom. The average Bonchev–Trinajstić information content (AvgIpc) is 2.19. The van der Waals surface area contributed by atoms with E-state index in [2.05, 4.69) is 0 Å². The Kier molecular flexibility index (Phi) is 3.25. The molecule has 1 aromatic rings. The summed E-state index contributed by atoms with van der Waals surface area (Å²) < 4.78 is 16.8. The molecule has 0 fully saturated rings. The van der Waals surface area contributed by atoms with Gasteiger partial charge in [-0.25, -0.2) is 0 Å². The van der Waals surface area contributed by atoms with E-state index in [-0.39, 0.29) is 6.61 Å². The molecule has 0 radical (unpaired) electrons. The quantitative estimate of drug-likeness (QED) is 0.694. The lowest BCUT2D eigenvalue weighted by Gasteiger charge is -2.08. The normalized spacial score (nSPS) is 14.5. The van der Waals surface area contributed by atoms with Crippen molar-refractivity contribution in [3.8, 4) is 5.81 Å². The number of hydrogen-bond acceptors (Lipinski definition) is 3. The maximum Gasteiger partial charge on any atom is 0.328 e. The van der Waals surface area contributed by atoms with E-state index in [9.17, 15) is 4.57 Å². The lowest BCUT2D eigenvalue weighted by molar-refractivity contribution is 0.348. The van der Waals surface area contributed by atoms with Gasteiger partial charge in [0.25, 0.3) is 0 Å². The summed E-state index contributed by atoms with van der Waals surface area (Å²) in [5.41, 5.74) is 0. The molecule has 0 aliphatic carbocycles. The highest BCUT2D eigenvalue weighted by Gasteiger charge is 2.24. The van der Waals surface area contributed by atoms with Crippen molar-refractivity contribution in [2.45, 2.75) is 6.92 Å². The third-order valence-corrected chi connectivity index (χ3v) is 3.40. The van der Waals surface area contributed by atoms with Crippen LogP contribution in [0.1, 0.15) is 6.92 Å². The minimum atomic E-state index is -3.25. The molecule has 68 valence electrons. The third-order valence-electron chi connectivity index (χ3n) is 1.54. The van der Waals surface area contributed by atoms with Crippen LogP contribution in [0.4, 0.5) is 0 Å². The van der Waals surface area contributed by atoms with Gasteiger partial charge in [-0.2, -0.15) is 5.26 Å². The first kappa shape index (κ1) is 9.98. The van der Waals surface area contributed by atoms with Crippen LogP contribution in [0.15, 0.2) is 30.3 Å². The van der Waals surface area contributed by atoms with Gasteiger partial charge in [-0.15, -0.1) is 0 Å². The third kappa shape index (κ3) is 2.18. The predicted molar refractivity (Wildman–Crippen MR) is 50.9 cm³/mol. The molecule has 0 unspecified atom stereocenters. The Morgan fingerprint density at radius 2 is 2.08 bits per heavy atom. The molecule has 13 heavy (non-hydrogen) atoms. The predicted octanol–water partition coefficient (Wildman–Crippen LogP) is 2.11. The number of hydrogen-bond donors (Lipinski definition) is 0. The van der Waals surface area contributed by atoms with Crippen LogP contribution in [0.25, 0.3) is 0 Å². The molecular formula is C9H10NO2P. The van der Waals surface area contributed by atoms with Crippen LogP contribution >= 0.6 is 7.37 Å². The number of rotatable bonds is 3. The van der Waals surface area contributed by atoms with Gasteiger partial charge >= 0.3 is 7.37 Å². The van der Waals surface area contributed by atoms with E-state index >= 15 is 0 Å². The second-order valence-electron chi connectivity index (χ2n) is 2.40. The molecule has 0 saturated carbocycles. The molecule has 0 aliphatic heterocycles. The highest BCUT2D eigenvalue weighted by Crippen LogP contribution is 2.43. The van der Waals surface area contributed by atoms with Crippen molar-refractivity contribution in [1.29, 1.82) is 5.26 Å². The van der Waals surface area contributed by atoms with Gasteiger partial charge in [-0.05, 0) is 19.1 Å². The highest BCUT2D eigenvalue weighted by molar-refractivity contribution is 7.71. The fourth-order valence-corrected chi connectivity index (χ4v) is 2.22. The first-order valence-electron chi connectivity index (χ1n) is 3.94. The van der Waals surface area contributed by atoms with Crippen LogP contribution in [0, 0.1) is 11.1 Å². The molecule has 0 saturated heterocycles. The Balaban J connectivity index is 3.06. The summed E-state index contributed by atoms with van der Waals surface area (Å²) in [5.74, 6) is 1.73. The van der Waals surface area contributed by atoms with Gasteiger partial charge in [0.15, 0.2) is 5.81 Å². The van der Waals surface area contributed by atoms with Crippen LogP contribution in [0.2, 0.25) is 0 Å². The van der Waals surface area contributed by atoms with E-state index in [1.807, 2.05) is 0 Å². The molecule has 0 spiro atoms. The molecule has 0 amide bonds. The lowest BCUT2D eigenvalue weighted by atomic mass is 10.4.